The zero-order valence-corrected chi connectivity index (χ0v) is 19.6. The molecule has 0 atom stereocenters. The smallest absolute Gasteiger partial charge is 0.305 e. The van der Waals surface area contributed by atoms with Crippen LogP contribution in [0.5, 0.6) is 0 Å². The Morgan fingerprint density at radius 3 is 2.41 bits per heavy atom. The minimum Gasteiger partial charge on any atom is -0.455 e. The Labute approximate surface area is 205 Å². The molecule has 1 aliphatic carbocycles. The van der Waals surface area contributed by atoms with Crippen LogP contribution in [0, 0.1) is 6.92 Å². The quantitative estimate of drug-likeness (QED) is 0.461. The van der Waals surface area contributed by atoms with Gasteiger partial charge in [0.25, 0.3) is 11.8 Å². The SMILES string of the molecule is Cc1c(C(=O)NNC(=O)c2ccc(Cl)cc2Cl)oc2c1/C(=N/NC(=O)c1ccccc1)CCC2. The average molecular weight is 499 g/mol. The molecular weight excluding hydrogens is 479 g/mol. The van der Waals surface area contributed by atoms with Crippen LogP contribution in [0.4, 0.5) is 0 Å². The summed E-state index contributed by atoms with van der Waals surface area (Å²) < 4.78 is 5.80. The van der Waals surface area contributed by atoms with Crippen molar-refractivity contribution in [2.75, 3.05) is 0 Å². The van der Waals surface area contributed by atoms with Gasteiger partial charge in [-0.3, -0.25) is 25.2 Å². The monoisotopic (exact) mass is 498 g/mol. The van der Waals surface area contributed by atoms with E-state index in [0.717, 1.165) is 6.42 Å². The van der Waals surface area contributed by atoms with Crippen LogP contribution in [0.3, 0.4) is 0 Å². The van der Waals surface area contributed by atoms with Gasteiger partial charge < -0.3 is 4.42 Å². The number of hydrazone groups is 1. The molecule has 1 aromatic heterocycles. The van der Waals surface area contributed by atoms with Gasteiger partial charge in [0.05, 0.1) is 16.3 Å². The average Bonchev–Trinajstić information content (AvgIpc) is 3.18. The van der Waals surface area contributed by atoms with Crippen LogP contribution in [0.2, 0.25) is 10.0 Å². The standard InChI is InChI=1S/C24H20Cl2N4O4/c1-13-20-18(27-28-22(31)14-6-3-2-4-7-14)8-5-9-19(20)34-21(13)24(33)30-29-23(32)16-11-10-15(25)12-17(16)26/h2-4,6-7,10-12H,5,8-9H2,1H3,(H,28,31)(H,29,32)(H,30,33)/b27-18+. The molecule has 0 saturated heterocycles. The molecule has 1 aliphatic rings. The summed E-state index contributed by atoms with van der Waals surface area (Å²) >= 11 is 11.9. The number of amides is 3. The maximum atomic E-state index is 12.7. The molecule has 174 valence electrons. The third kappa shape index (κ3) is 4.98. The van der Waals surface area contributed by atoms with Gasteiger partial charge in [0.2, 0.25) is 0 Å². The van der Waals surface area contributed by atoms with E-state index in [-0.39, 0.29) is 22.3 Å². The van der Waals surface area contributed by atoms with Crippen molar-refractivity contribution in [3.8, 4) is 0 Å². The van der Waals surface area contributed by atoms with E-state index < -0.39 is 11.8 Å². The predicted molar refractivity (Wildman–Crippen MR) is 128 cm³/mol. The van der Waals surface area contributed by atoms with E-state index in [0.29, 0.717) is 46.0 Å². The fraction of sp³-hybridized carbons (Fsp3) is 0.167. The molecule has 0 unspecified atom stereocenters. The number of carbonyl (C=O) groups is 3. The van der Waals surface area contributed by atoms with Gasteiger partial charge in [0.1, 0.15) is 5.76 Å². The number of nitrogens with zero attached hydrogens (tertiary/aromatic N) is 1. The molecule has 3 amide bonds. The Morgan fingerprint density at radius 2 is 1.68 bits per heavy atom. The molecule has 0 spiro atoms. The van der Waals surface area contributed by atoms with Gasteiger partial charge in [-0.2, -0.15) is 5.10 Å². The first kappa shape index (κ1) is 23.5. The molecular formula is C24H20Cl2N4O4. The number of nitrogens with one attached hydrogen (secondary N) is 3. The molecule has 3 N–H and O–H groups in total. The molecule has 0 aliphatic heterocycles. The van der Waals surface area contributed by atoms with Gasteiger partial charge >= 0.3 is 5.91 Å². The lowest BCUT2D eigenvalue weighted by Gasteiger charge is -2.13. The summed E-state index contributed by atoms with van der Waals surface area (Å²) in [5.74, 6) is -0.902. The normalized spacial score (nSPS) is 13.8. The number of hydrazine groups is 1. The molecule has 1 heterocycles. The summed E-state index contributed by atoms with van der Waals surface area (Å²) in [4.78, 5) is 37.4. The van der Waals surface area contributed by atoms with Crippen LogP contribution in [0.25, 0.3) is 0 Å². The van der Waals surface area contributed by atoms with Crippen molar-refractivity contribution in [2.24, 2.45) is 5.10 Å². The summed E-state index contributed by atoms with van der Waals surface area (Å²) in [6.45, 7) is 1.73. The number of furan rings is 1. The summed E-state index contributed by atoms with van der Waals surface area (Å²) in [5.41, 5.74) is 9.77. The Hall–Kier alpha value is -3.62. The highest BCUT2D eigenvalue weighted by molar-refractivity contribution is 6.36. The van der Waals surface area contributed by atoms with Crippen molar-refractivity contribution >= 4 is 46.6 Å². The molecule has 0 bridgehead atoms. The molecule has 34 heavy (non-hydrogen) atoms. The second-order valence-electron chi connectivity index (χ2n) is 7.61. The van der Waals surface area contributed by atoms with Crippen molar-refractivity contribution in [3.63, 3.8) is 0 Å². The van der Waals surface area contributed by atoms with E-state index in [1.165, 1.54) is 18.2 Å². The molecule has 0 saturated carbocycles. The lowest BCUT2D eigenvalue weighted by atomic mass is 9.93. The lowest BCUT2D eigenvalue weighted by Crippen LogP contribution is -2.41. The van der Waals surface area contributed by atoms with Crippen LogP contribution in [0.1, 0.15) is 61.0 Å². The first-order valence-electron chi connectivity index (χ1n) is 10.5. The molecule has 0 fully saturated rings. The van der Waals surface area contributed by atoms with E-state index in [1.807, 2.05) is 6.07 Å². The van der Waals surface area contributed by atoms with Crippen LogP contribution in [0.15, 0.2) is 58.0 Å². The number of fused-ring (bicyclic) bond motifs is 1. The topological polar surface area (TPSA) is 113 Å². The summed E-state index contributed by atoms with van der Waals surface area (Å²) in [7, 11) is 0. The lowest BCUT2D eigenvalue weighted by molar-refractivity contribution is 0.0829. The largest absolute Gasteiger partial charge is 0.455 e. The number of hydrogen-bond acceptors (Lipinski definition) is 5. The Kier molecular flexibility index (Phi) is 7.00. The summed E-state index contributed by atoms with van der Waals surface area (Å²) in [6.07, 6.45) is 2.00. The number of carbonyl (C=O) groups excluding carboxylic acids is 3. The van der Waals surface area contributed by atoms with Crippen LogP contribution in [-0.2, 0) is 6.42 Å². The van der Waals surface area contributed by atoms with Crippen molar-refractivity contribution in [2.45, 2.75) is 26.2 Å². The fourth-order valence-electron chi connectivity index (χ4n) is 3.68. The highest BCUT2D eigenvalue weighted by Gasteiger charge is 2.28. The molecule has 2 aromatic carbocycles. The number of rotatable bonds is 4. The number of halogens is 2. The first-order valence-corrected chi connectivity index (χ1v) is 11.2. The molecule has 10 heteroatoms. The predicted octanol–water partition coefficient (Wildman–Crippen LogP) is 4.44. The zero-order chi connectivity index (χ0) is 24.2. The van der Waals surface area contributed by atoms with Gasteiger partial charge in [-0.05, 0) is 50.1 Å². The van der Waals surface area contributed by atoms with Crippen LogP contribution < -0.4 is 16.3 Å². The second-order valence-corrected chi connectivity index (χ2v) is 8.45. The summed E-state index contributed by atoms with van der Waals surface area (Å²) in [5, 5.41) is 4.84. The van der Waals surface area contributed by atoms with E-state index in [9.17, 15) is 14.4 Å². The van der Waals surface area contributed by atoms with E-state index in [4.69, 9.17) is 27.6 Å². The number of hydrogen-bond donors (Lipinski definition) is 3. The van der Waals surface area contributed by atoms with Crippen molar-refractivity contribution in [1.29, 1.82) is 0 Å². The number of aryl methyl sites for hydroxylation is 1. The molecule has 0 radical (unpaired) electrons. The van der Waals surface area contributed by atoms with Gasteiger partial charge in [-0.1, -0.05) is 41.4 Å². The molecule has 8 nitrogen and oxygen atoms in total. The zero-order valence-electron chi connectivity index (χ0n) is 18.1. The maximum Gasteiger partial charge on any atom is 0.305 e. The maximum absolute atomic E-state index is 12.7. The van der Waals surface area contributed by atoms with Gasteiger partial charge in [-0.25, -0.2) is 5.43 Å². The number of benzene rings is 2. The van der Waals surface area contributed by atoms with Crippen molar-refractivity contribution in [3.05, 3.63) is 92.4 Å². The first-order chi connectivity index (χ1) is 16.3. The fourth-order valence-corrected chi connectivity index (χ4v) is 4.17. The van der Waals surface area contributed by atoms with E-state index >= 15 is 0 Å². The van der Waals surface area contributed by atoms with Crippen LogP contribution >= 0.6 is 23.2 Å². The van der Waals surface area contributed by atoms with Crippen molar-refractivity contribution in [1.82, 2.24) is 16.3 Å². The van der Waals surface area contributed by atoms with Gasteiger partial charge in [-0.15, -0.1) is 0 Å². The Balaban J connectivity index is 1.48. The van der Waals surface area contributed by atoms with Gasteiger partial charge in [0.15, 0.2) is 5.76 Å². The van der Waals surface area contributed by atoms with E-state index in [2.05, 4.69) is 21.4 Å². The Morgan fingerprint density at radius 1 is 0.941 bits per heavy atom. The highest BCUT2D eigenvalue weighted by Crippen LogP contribution is 2.30. The summed E-state index contributed by atoms with van der Waals surface area (Å²) in [6, 6.07) is 13.2. The Bertz CT molecular complexity index is 1300. The minimum absolute atomic E-state index is 0.0523. The molecule has 4 rings (SSSR count). The highest BCUT2D eigenvalue weighted by atomic mass is 35.5. The third-order valence-corrected chi connectivity index (χ3v) is 5.87. The van der Waals surface area contributed by atoms with Crippen LogP contribution in [-0.4, -0.2) is 23.4 Å². The second kappa shape index (κ2) is 10.1. The minimum atomic E-state index is -0.627. The van der Waals surface area contributed by atoms with E-state index in [1.54, 1.807) is 31.2 Å². The molecule has 3 aromatic rings. The van der Waals surface area contributed by atoms with Crippen molar-refractivity contribution < 1.29 is 18.8 Å². The third-order valence-electron chi connectivity index (χ3n) is 5.33. The van der Waals surface area contributed by atoms with Gasteiger partial charge in [0, 0.05) is 28.1 Å².